The zero-order chi connectivity index (χ0) is 18.8. The first-order chi connectivity index (χ1) is 12.4. The normalized spacial score (nSPS) is 10.9. The molecule has 0 bridgehead atoms. The van der Waals surface area contributed by atoms with Crippen molar-refractivity contribution in [2.75, 3.05) is 5.32 Å². The molecule has 0 atom stereocenters. The van der Waals surface area contributed by atoms with Gasteiger partial charge in [-0.1, -0.05) is 25.1 Å². The van der Waals surface area contributed by atoms with E-state index in [2.05, 4.69) is 42.3 Å². The quantitative estimate of drug-likeness (QED) is 0.661. The first-order valence-corrected chi connectivity index (χ1v) is 8.62. The highest BCUT2D eigenvalue weighted by molar-refractivity contribution is 5.72. The summed E-state index contributed by atoms with van der Waals surface area (Å²) in [7, 11) is 0. The summed E-state index contributed by atoms with van der Waals surface area (Å²) < 4.78 is 6.73. The number of pyridine rings is 1. The van der Waals surface area contributed by atoms with Crippen molar-refractivity contribution in [3.05, 3.63) is 58.5 Å². The zero-order valence-corrected chi connectivity index (χ0v) is 15.5. The Morgan fingerprint density at radius 1 is 1.31 bits per heavy atom. The summed E-state index contributed by atoms with van der Waals surface area (Å²) in [4.78, 5) is 15.6. The van der Waals surface area contributed by atoms with Gasteiger partial charge in [0, 0.05) is 18.3 Å². The second-order valence-corrected chi connectivity index (χ2v) is 6.35. The molecule has 0 radical (unpaired) electrons. The molecule has 136 valence electrons. The van der Waals surface area contributed by atoms with Crippen molar-refractivity contribution >= 4 is 17.5 Å². The van der Waals surface area contributed by atoms with Crippen LogP contribution in [0.25, 0.3) is 5.65 Å². The van der Waals surface area contributed by atoms with E-state index in [-0.39, 0.29) is 5.75 Å². The van der Waals surface area contributed by atoms with Gasteiger partial charge < -0.3 is 15.2 Å². The molecule has 0 fully saturated rings. The van der Waals surface area contributed by atoms with E-state index < -0.39 is 6.16 Å². The number of ether oxygens (including phenoxy) is 1. The molecule has 2 heterocycles. The van der Waals surface area contributed by atoms with Crippen molar-refractivity contribution in [3.8, 4) is 5.75 Å². The van der Waals surface area contributed by atoms with Crippen LogP contribution in [-0.4, -0.2) is 20.6 Å². The lowest BCUT2D eigenvalue weighted by Crippen LogP contribution is -2.08. The van der Waals surface area contributed by atoms with Crippen molar-refractivity contribution in [1.82, 2.24) is 9.38 Å². The fourth-order valence-electron chi connectivity index (χ4n) is 3.16. The molecule has 2 N–H and O–H groups in total. The summed E-state index contributed by atoms with van der Waals surface area (Å²) in [6.45, 7) is 8.74. The van der Waals surface area contributed by atoms with E-state index >= 15 is 0 Å². The minimum atomic E-state index is -1.34. The number of carbonyl (C=O) groups is 1. The Hall–Kier alpha value is -3.02. The van der Waals surface area contributed by atoms with Crippen LogP contribution in [0.15, 0.2) is 30.5 Å². The number of anilines is 1. The number of fused-ring (bicyclic) bond motifs is 1. The first kappa shape index (κ1) is 17.8. The fraction of sp³-hybridized carbons (Fsp3) is 0.300. The maximum absolute atomic E-state index is 10.9. The number of benzene rings is 1. The van der Waals surface area contributed by atoms with Gasteiger partial charge in [-0.05, 0) is 43.9 Å². The number of carboxylic acid groups (broad SMARTS) is 1. The molecule has 0 unspecified atom stereocenters. The molecule has 26 heavy (non-hydrogen) atoms. The van der Waals surface area contributed by atoms with E-state index in [1.807, 2.05) is 18.2 Å². The fourth-order valence-corrected chi connectivity index (χ4v) is 3.16. The van der Waals surface area contributed by atoms with E-state index in [1.165, 1.54) is 16.7 Å². The third-order valence-corrected chi connectivity index (χ3v) is 4.72. The van der Waals surface area contributed by atoms with Gasteiger partial charge in [-0.25, -0.2) is 9.78 Å². The number of nitrogens with zero attached hydrogens (tertiary/aromatic N) is 2. The van der Waals surface area contributed by atoms with Crippen molar-refractivity contribution in [2.24, 2.45) is 0 Å². The van der Waals surface area contributed by atoms with E-state index in [4.69, 9.17) is 9.84 Å². The van der Waals surface area contributed by atoms with Gasteiger partial charge in [0.2, 0.25) is 0 Å². The Labute approximate surface area is 152 Å². The van der Waals surface area contributed by atoms with Crippen LogP contribution in [0.5, 0.6) is 5.75 Å². The van der Waals surface area contributed by atoms with Gasteiger partial charge in [-0.2, -0.15) is 0 Å². The third-order valence-electron chi connectivity index (χ3n) is 4.72. The number of hydrogen-bond acceptors (Lipinski definition) is 4. The van der Waals surface area contributed by atoms with Crippen LogP contribution in [0.4, 0.5) is 10.5 Å². The van der Waals surface area contributed by atoms with Gasteiger partial charge in [0.25, 0.3) is 0 Å². The average molecular weight is 353 g/mol. The Balaban J connectivity index is 2.01. The summed E-state index contributed by atoms with van der Waals surface area (Å²) in [5, 5.41) is 12.4. The molecular formula is C20H23N3O3. The second-order valence-electron chi connectivity index (χ2n) is 6.35. The number of nitrogens with one attached hydrogen (secondary N) is 1. The topological polar surface area (TPSA) is 75.9 Å². The highest BCUT2D eigenvalue weighted by atomic mass is 16.7. The average Bonchev–Trinajstić information content (AvgIpc) is 2.88. The number of aryl methyl sites for hydroxylation is 4. The summed E-state index contributed by atoms with van der Waals surface area (Å²) in [6.07, 6.45) is 1.27. The predicted molar refractivity (Wildman–Crippen MR) is 101 cm³/mol. The van der Waals surface area contributed by atoms with Gasteiger partial charge in [-0.3, -0.25) is 4.40 Å². The Morgan fingerprint density at radius 3 is 2.77 bits per heavy atom. The summed E-state index contributed by atoms with van der Waals surface area (Å²) in [5.74, 6) is 0.258. The van der Waals surface area contributed by atoms with Gasteiger partial charge in [0.05, 0.1) is 17.6 Å². The molecular weight excluding hydrogens is 330 g/mol. The first-order valence-electron chi connectivity index (χ1n) is 8.62. The second kappa shape index (κ2) is 7.07. The van der Waals surface area contributed by atoms with Gasteiger partial charge in [-0.15, -0.1) is 0 Å². The van der Waals surface area contributed by atoms with Crippen molar-refractivity contribution in [2.45, 2.75) is 40.7 Å². The van der Waals surface area contributed by atoms with Crippen molar-refractivity contribution in [1.29, 1.82) is 0 Å². The van der Waals surface area contributed by atoms with Gasteiger partial charge in [0.1, 0.15) is 0 Å². The Morgan fingerprint density at radius 2 is 2.08 bits per heavy atom. The number of rotatable bonds is 5. The molecule has 1 aromatic carbocycles. The van der Waals surface area contributed by atoms with Crippen LogP contribution in [0.1, 0.15) is 35.0 Å². The van der Waals surface area contributed by atoms with Gasteiger partial charge in [0.15, 0.2) is 11.4 Å². The molecule has 0 amide bonds. The van der Waals surface area contributed by atoms with Crippen LogP contribution >= 0.6 is 0 Å². The molecule has 0 saturated carbocycles. The smallest absolute Gasteiger partial charge is 0.449 e. The van der Waals surface area contributed by atoms with Crippen LogP contribution < -0.4 is 10.1 Å². The molecule has 0 aliphatic carbocycles. The molecule has 6 nitrogen and oxygen atoms in total. The lowest BCUT2D eigenvalue weighted by atomic mass is 10.00. The standard InChI is InChI=1S/C20H23N3O3/c1-5-15-8-6-7-12(2)17(15)10-21-18-9-16(26-20(24)25)11-23-14(4)13(3)22-19(18)23/h6-9,11,21H,5,10H2,1-4H3,(H,24,25). The van der Waals surface area contributed by atoms with Crippen LogP contribution in [0, 0.1) is 20.8 Å². The van der Waals surface area contributed by atoms with Crippen LogP contribution in [0.3, 0.4) is 0 Å². The van der Waals surface area contributed by atoms with E-state index in [9.17, 15) is 4.79 Å². The van der Waals surface area contributed by atoms with Crippen molar-refractivity contribution < 1.29 is 14.6 Å². The SMILES string of the molecule is CCc1cccc(C)c1CNc1cc(OC(=O)O)cn2c(C)c(C)nc12. The minimum absolute atomic E-state index is 0.258. The number of aromatic nitrogens is 2. The lowest BCUT2D eigenvalue weighted by Gasteiger charge is -2.15. The molecule has 0 spiro atoms. The maximum Gasteiger partial charge on any atom is 0.511 e. The van der Waals surface area contributed by atoms with Crippen LogP contribution in [0.2, 0.25) is 0 Å². The summed E-state index contributed by atoms with van der Waals surface area (Å²) in [6, 6.07) is 7.98. The zero-order valence-electron chi connectivity index (χ0n) is 15.5. The summed E-state index contributed by atoms with van der Waals surface area (Å²) >= 11 is 0. The summed E-state index contributed by atoms with van der Waals surface area (Å²) in [5.41, 5.74) is 7.10. The number of hydrogen-bond donors (Lipinski definition) is 2. The Bertz CT molecular complexity index is 976. The Kier molecular flexibility index (Phi) is 4.84. The molecule has 0 aliphatic heterocycles. The maximum atomic E-state index is 10.9. The highest BCUT2D eigenvalue weighted by Gasteiger charge is 2.14. The molecule has 0 aliphatic rings. The van der Waals surface area contributed by atoms with E-state index in [0.717, 1.165) is 29.1 Å². The lowest BCUT2D eigenvalue weighted by molar-refractivity contribution is 0.144. The molecule has 3 rings (SSSR count). The third kappa shape index (κ3) is 3.35. The molecule has 2 aromatic heterocycles. The molecule has 6 heteroatoms. The highest BCUT2D eigenvalue weighted by Crippen LogP contribution is 2.27. The minimum Gasteiger partial charge on any atom is -0.449 e. The van der Waals surface area contributed by atoms with Crippen LogP contribution in [-0.2, 0) is 13.0 Å². The van der Waals surface area contributed by atoms with Gasteiger partial charge >= 0.3 is 6.16 Å². The predicted octanol–water partition coefficient (Wildman–Crippen LogP) is 4.49. The van der Waals surface area contributed by atoms with Crippen molar-refractivity contribution in [3.63, 3.8) is 0 Å². The van der Waals surface area contributed by atoms with E-state index in [1.54, 1.807) is 12.3 Å². The number of imidazole rings is 1. The molecule has 0 saturated heterocycles. The monoisotopic (exact) mass is 353 g/mol. The van der Waals surface area contributed by atoms with E-state index in [0.29, 0.717) is 6.54 Å². The largest absolute Gasteiger partial charge is 0.511 e. The molecule has 3 aromatic rings.